The van der Waals surface area contributed by atoms with E-state index in [4.69, 9.17) is 9.47 Å². The van der Waals surface area contributed by atoms with Crippen molar-refractivity contribution in [1.82, 2.24) is 9.80 Å². The van der Waals surface area contributed by atoms with E-state index in [0.717, 1.165) is 123 Å². The number of hydrogen-bond donors (Lipinski definition) is 0. The van der Waals surface area contributed by atoms with Gasteiger partial charge in [0.25, 0.3) is 11.8 Å². The second-order valence-corrected chi connectivity index (χ2v) is 21.7. The van der Waals surface area contributed by atoms with Crippen LogP contribution >= 0.6 is 0 Å². The smallest absolute Gasteiger partial charge is 0.466 e. The quantitative estimate of drug-likeness (QED) is 0.0535. The normalized spacial score (nSPS) is 21.3. The van der Waals surface area contributed by atoms with Gasteiger partial charge in [0.15, 0.2) is 0 Å². The number of alkyl halides is 6. The number of aryl methyl sites for hydroxylation is 1. The molecule has 4 aromatic rings. The zero-order valence-corrected chi connectivity index (χ0v) is 48.0. The number of amides is 4. The summed E-state index contributed by atoms with van der Waals surface area (Å²) in [5.41, 5.74) is 5.59. The van der Waals surface area contributed by atoms with Crippen LogP contribution in [-0.2, 0) is 55.5 Å². The van der Waals surface area contributed by atoms with Gasteiger partial charge < -0.3 is 38.5 Å². The summed E-state index contributed by atoms with van der Waals surface area (Å²) in [6.45, 7) is 9.93. The summed E-state index contributed by atoms with van der Waals surface area (Å²) in [5.74, 6) is -2.42. The number of ether oxygens (including phenoxy) is 4. The Balaban J connectivity index is 0.000000214. The van der Waals surface area contributed by atoms with Crippen molar-refractivity contribution in [2.45, 2.75) is 166 Å². The van der Waals surface area contributed by atoms with Crippen molar-refractivity contribution in [3.8, 4) is 11.5 Å². The Kier molecular flexibility index (Phi) is 19.9. The van der Waals surface area contributed by atoms with Crippen LogP contribution in [0.3, 0.4) is 0 Å². The number of halogens is 6. The van der Waals surface area contributed by atoms with E-state index in [-0.39, 0.29) is 148 Å². The van der Waals surface area contributed by atoms with Gasteiger partial charge in [-0.15, -0.1) is 26.3 Å². The summed E-state index contributed by atoms with van der Waals surface area (Å²) in [6.07, 6.45) is 1.46. The molecule has 4 aromatic carbocycles. The van der Waals surface area contributed by atoms with E-state index in [9.17, 15) is 55.1 Å². The third kappa shape index (κ3) is 14.4. The van der Waals surface area contributed by atoms with Gasteiger partial charge in [-0.05, 0) is 161 Å². The van der Waals surface area contributed by atoms with Crippen LogP contribution in [0.1, 0.15) is 166 Å². The SMILES string of the molecule is C=Cc1ccc2c(c1)C(N(C(=O)CCC(=O)OCC)C1CC1)C1CCCC1N2C(=O)c1ccc(OC(F)(F)F)cc1.CCOC(=O)CCC(=O)N(C1CC1)C1c2cc(CC)ccc2N(C(=O)c2ccc(OC(F)(F)F)cc2)C2CCCC21.[Pd]. The summed E-state index contributed by atoms with van der Waals surface area (Å²) in [5, 5.41) is 0. The van der Waals surface area contributed by atoms with E-state index < -0.39 is 30.4 Å². The number of hydrogen-bond acceptors (Lipinski definition) is 10. The minimum absolute atomic E-state index is 0. The molecule has 14 nitrogen and oxygen atoms in total. The minimum Gasteiger partial charge on any atom is -0.466 e. The molecule has 4 amide bonds. The number of carbonyl (C=O) groups excluding carboxylic acids is 6. The summed E-state index contributed by atoms with van der Waals surface area (Å²) >= 11 is 0. The number of carbonyl (C=O) groups is 6. The molecule has 0 bridgehead atoms. The van der Waals surface area contributed by atoms with Gasteiger partial charge >= 0.3 is 24.7 Å². The van der Waals surface area contributed by atoms with Crippen LogP contribution in [0.2, 0.25) is 0 Å². The number of esters is 2. The zero-order chi connectivity index (χ0) is 58.6. The van der Waals surface area contributed by atoms with E-state index in [1.54, 1.807) is 29.7 Å². The third-order valence-corrected chi connectivity index (χ3v) is 16.3. The molecule has 0 radical (unpaired) electrons. The van der Waals surface area contributed by atoms with Gasteiger partial charge in [-0.1, -0.05) is 50.6 Å². The Morgan fingerprint density at radius 3 is 1.34 bits per heavy atom. The van der Waals surface area contributed by atoms with Gasteiger partial charge in [0.05, 0.1) is 38.1 Å². The maximum Gasteiger partial charge on any atom is 0.573 e. The van der Waals surface area contributed by atoms with Gasteiger partial charge in [-0.2, -0.15) is 0 Å². The topological polar surface area (TPSA) is 152 Å². The molecule has 0 saturated heterocycles. The van der Waals surface area contributed by atoms with Gasteiger partial charge in [0.1, 0.15) is 11.5 Å². The van der Waals surface area contributed by atoms with Crippen LogP contribution in [0.5, 0.6) is 11.5 Å². The predicted molar refractivity (Wildman–Crippen MR) is 291 cm³/mol. The van der Waals surface area contributed by atoms with Crippen molar-refractivity contribution in [3.63, 3.8) is 0 Å². The van der Waals surface area contributed by atoms with Crippen molar-refractivity contribution in [1.29, 1.82) is 0 Å². The molecule has 0 spiro atoms. The number of fused-ring (bicyclic) bond motifs is 4. The summed E-state index contributed by atoms with van der Waals surface area (Å²) in [7, 11) is 0. The monoisotopic (exact) mass is 1250 g/mol. The molecule has 4 fully saturated rings. The van der Waals surface area contributed by atoms with Crippen LogP contribution < -0.4 is 19.3 Å². The summed E-state index contributed by atoms with van der Waals surface area (Å²) in [6, 6.07) is 21.0. The molecular formula is C62H68F6N4O10Pd. The Bertz CT molecular complexity index is 3020. The fourth-order valence-electron chi connectivity index (χ4n) is 12.7. The first kappa shape index (κ1) is 62.3. The maximum absolute atomic E-state index is 14.0. The van der Waals surface area contributed by atoms with Crippen LogP contribution in [0.25, 0.3) is 6.08 Å². The second kappa shape index (κ2) is 26.5. The first-order valence-corrected chi connectivity index (χ1v) is 28.4. The standard InChI is InChI=1S/C31H35F3N2O5.C31H33F3N2O5.Pd/c2*1-3-19-8-15-26-24(18-19)29(35(21-11-12-21)27(37)16-17-28(38)40-4-2)23-6-5-7-25(23)36(26)30(39)20-9-13-22(14-10-20)41-31(32,33)34;/h8-10,13-15,18,21,23,25,29H,3-7,11-12,16-17H2,1-2H3;3,8-10,13-15,18,21,23,25,29H,1,4-7,11-12,16-17H2,2H3;. The van der Waals surface area contributed by atoms with E-state index in [2.05, 4.69) is 29.0 Å². The fourth-order valence-corrected chi connectivity index (χ4v) is 12.7. The van der Waals surface area contributed by atoms with Crippen molar-refractivity contribution in [2.75, 3.05) is 23.0 Å². The maximum atomic E-state index is 14.0. The van der Waals surface area contributed by atoms with Crippen molar-refractivity contribution in [2.24, 2.45) is 11.8 Å². The molecule has 2 heterocycles. The van der Waals surface area contributed by atoms with Crippen molar-refractivity contribution < 1.29 is 94.5 Å². The largest absolute Gasteiger partial charge is 0.573 e. The van der Waals surface area contributed by atoms with E-state index in [0.29, 0.717) is 5.69 Å². The molecular weight excluding hydrogens is 1180 g/mol. The van der Waals surface area contributed by atoms with Gasteiger partial charge in [-0.3, -0.25) is 28.8 Å². The minimum atomic E-state index is -4.83. The molecule has 21 heteroatoms. The average Bonchev–Trinajstić information content (AvgIpc) is 2.16. The van der Waals surface area contributed by atoms with Crippen LogP contribution in [0.15, 0.2) is 91.5 Å². The van der Waals surface area contributed by atoms with Crippen LogP contribution in [0, 0.1) is 11.8 Å². The third-order valence-electron chi connectivity index (χ3n) is 16.3. The van der Waals surface area contributed by atoms with Gasteiger partial charge in [0.2, 0.25) is 11.8 Å². The molecule has 6 aliphatic rings. The van der Waals surface area contributed by atoms with Crippen molar-refractivity contribution >= 4 is 53.0 Å². The van der Waals surface area contributed by atoms with Gasteiger partial charge in [0, 0.05) is 91.8 Å². The first-order chi connectivity index (χ1) is 39.2. The zero-order valence-electron chi connectivity index (χ0n) is 46.5. The molecule has 6 atom stereocenters. The van der Waals surface area contributed by atoms with Crippen molar-refractivity contribution in [3.05, 3.63) is 125 Å². The number of anilines is 2. The van der Waals surface area contributed by atoms with Gasteiger partial charge in [-0.25, -0.2) is 0 Å². The molecule has 4 saturated carbocycles. The Morgan fingerprint density at radius 2 is 0.964 bits per heavy atom. The second-order valence-electron chi connectivity index (χ2n) is 21.7. The van der Waals surface area contributed by atoms with Crippen LogP contribution in [-0.4, -0.2) is 95.5 Å². The molecule has 4 aliphatic carbocycles. The predicted octanol–water partition coefficient (Wildman–Crippen LogP) is 12.8. The van der Waals surface area contributed by atoms with E-state index in [1.807, 2.05) is 40.1 Å². The first-order valence-electron chi connectivity index (χ1n) is 28.4. The summed E-state index contributed by atoms with van der Waals surface area (Å²) < 4.78 is 94.0. The number of benzene rings is 4. The molecule has 448 valence electrons. The van der Waals surface area contributed by atoms with Crippen LogP contribution in [0.4, 0.5) is 37.7 Å². The average molecular weight is 1250 g/mol. The molecule has 2 aliphatic heterocycles. The Morgan fingerprint density at radius 1 is 0.554 bits per heavy atom. The molecule has 0 aromatic heterocycles. The number of rotatable bonds is 18. The Hall–Kier alpha value is -6.72. The fraction of sp³-hybridized carbons (Fsp3) is 0.484. The number of nitrogens with zero attached hydrogens (tertiary/aromatic N) is 4. The molecule has 10 rings (SSSR count). The molecule has 83 heavy (non-hydrogen) atoms. The summed E-state index contributed by atoms with van der Waals surface area (Å²) in [4.78, 5) is 86.9. The Labute approximate surface area is 492 Å². The van der Waals surface area contributed by atoms with E-state index in [1.165, 1.54) is 24.3 Å². The molecule has 6 unspecified atom stereocenters. The van der Waals surface area contributed by atoms with E-state index >= 15 is 0 Å². The molecule has 0 N–H and O–H groups in total.